The number of rotatable bonds is 5. The van der Waals surface area contributed by atoms with Crippen LogP contribution in [0.1, 0.15) is 33.1 Å². The van der Waals surface area contributed by atoms with Crippen molar-refractivity contribution in [3.8, 4) is 0 Å². The van der Waals surface area contributed by atoms with Crippen molar-refractivity contribution in [2.24, 2.45) is 17.6 Å². The van der Waals surface area contributed by atoms with Crippen LogP contribution in [0.15, 0.2) is 0 Å². The van der Waals surface area contributed by atoms with Gasteiger partial charge in [-0.2, -0.15) is 0 Å². The van der Waals surface area contributed by atoms with E-state index in [2.05, 4.69) is 12.2 Å². The Balaban J connectivity index is 2.16. The van der Waals surface area contributed by atoms with Gasteiger partial charge in [-0.1, -0.05) is 20.3 Å². The van der Waals surface area contributed by atoms with E-state index in [0.29, 0.717) is 12.6 Å². The monoisotopic (exact) mass is 184 g/mol. The Hall–Kier alpha value is -0.570. The Morgan fingerprint density at radius 2 is 2.38 bits per heavy atom. The summed E-state index contributed by atoms with van der Waals surface area (Å²) in [5, 5.41) is 3.02. The summed E-state index contributed by atoms with van der Waals surface area (Å²) in [6, 6.07) is 0.446. The highest BCUT2D eigenvalue weighted by Crippen LogP contribution is 2.34. The van der Waals surface area contributed by atoms with E-state index in [-0.39, 0.29) is 11.8 Å². The van der Waals surface area contributed by atoms with Crippen LogP contribution in [0.2, 0.25) is 0 Å². The van der Waals surface area contributed by atoms with Gasteiger partial charge in [-0.3, -0.25) is 4.79 Å². The molecule has 0 aliphatic heterocycles. The second kappa shape index (κ2) is 4.61. The predicted octanol–water partition coefficient (Wildman–Crippen LogP) is 0.886. The van der Waals surface area contributed by atoms with Crippen LogP contribution in [-0.2, 0) is 4.79 Å². The molecule has 0 bridgehead atoms. The lowest BCUT2D eigenvalue weighted by atomic mass is 10.1. The average Bonchev–Trinajstić information content (AvgIpc) is 2.83. The summed E-state index contributed by atoms with van der Waals surface area (Å²) in [6.45, 7) is 4.49. The summed E-state index contributed by atoms with van der Waals surface area (Å²) >= 11 is 0. The molecule has 0 heterocycles. The van der Waals surface area contributed by atoms with Gasteiger partial charge in [0.1, 0.15) is 0 Å². The Labute approximate surface area is 80.1 Å². The first kappa shape index (κ1) is 10.5. The molecule has 3 unspecified atom stereocenters. The van der Waals surface area contributed by atoms with Crippen molar-refractivity contribution < 1.29 is 4.79 Å². The topological polar surface area (TPSA) is 55.1 Å². The second-order valence-corrected chi connectivity index (χ2v) is 4.04. The van der Waals surface area contributed by atoms with Crippen LogP contribution in [-0.4, -0.2) is 18.5 Å². The fraction of sp³-hybridized carbons (Fsp3) is 0.900. The van der Waals surface area contributed by atoms with Crippen LogP contribution in [0.4, 0.5) is 0 Å². The first-order valence-electron chi connectivity index (χ1n) is 5.19. The highest BCUT2D eigenvalue weighted by Gasteiger charge is 2.37. The number of hydrogen-bond donors (Lipinski definition) is 2. The highest BCUT2D eigenvalue weighted by molar-refractivity contribution is 5.79. The smallest absolute Gasteiger partial charge is 0.224 e. The fourth-order valence-electron chi connectivity index (χ4n) is 1.55. The molecule has 13 heavy (non-hydrogen) atoms. The number of hydrogen-bond acceptors (Lipinski definition) is 2. The van der Waals surface area contributed by atoms with E-state index in [1.165, 1.54) is 12.8 Å². The minimum absolute atomic E-state index is 0.0390. The van der Waals surface area contributed by atoms with Crippen LogP contribution >= 0.6 is 0 Å². The molecule has 1 saturated carbocycles. The Kier molecular flexibility index (Phi) is 3.72. The molecule has 0 spiro atoms. The molecular weight excluding hydrogens is 164 g/mol. The van der Waals surface area contributed by atoms with E-state index in [1.54, 1.807) is 0 Å². The molecule has 3 N–H and O–H groups in total. The number of amides is 1. The highest BCUT2D eigenvalue weighted by atomic mass is 16.2. The number of nitrogens with two attached hydrogens (primary N) is 1. The predicted molar refractivity (Wildman–Crippen MR) is 53.2 cm³/mol. The quantitative estimate of drug-likeness (QED) is 0.666. The zero-order valence-corrected chi connectivity index (χ0v) is 8.55. The molecule has 1 fully saturated rings. The summed E-state index contributed by atoms with van der Waals surface area (Å²) in [5.74, 6) is 0.813. The molecule has 3 heteroatoms. The van der Waals surface area contributed by atoms with E-state index >= 15 is 0 Å². The van der Waals surface area contributed by atoms with Crippen LogP contribution < -0.4 is 11.1 Å². The van der Waals surface area contributed by atoms with Gasteiger partial charge in [0.15, 0.2) is 0 Å². The van der Waals surface area contributed by atoms with Gasteiger partial charge in [0, 0.05) is 18.5 Å². The Bertz CT molecular complexity index is 182. The van der Waals surface area contributed by atoms with Crippen molar-refractivity contribution >= 4 is 5.91 Å². The summed E-state index contributed by atoms with van der Waals surface area (Å²) in [6.07, 6.45) is 3.61. The first-order chi connectivity index (χ1) is 6.19. The SMILES string of the molecule is CCCC1CC1NC(=O)C(C)CN. The normalized spacial score (nSPS) is 28.2. The standard InChI is InChI=1S/C10H20N2O/c1-3-4-8-5-9(8)12-10(13)7(2)6-11/h7-9H,3-6,11H2,1-2H3,(H,12,13). The van der Waals surface area contributed by atoms with Crippen molar-refractivity contribution in [3.63, 3.8) is 0 Å². The lowest BCUT2D eigenvalue weighted by Gasteiger charge is -2.09. The van der Waals surface area contributed by atoms with Gasteiger partial charge in [-0.05, 0) is 18.8 Å². The van der Waals surface area contributed by atoms with Crippen LogP contribution in [0.25, 0.3) is 0 Å². The van der Waals surface area contributed by atoms with Crippen molar-refractivity contribution in [1.82, 2.24) is 5.32 Å². The maximum atomic E-state index is 11.4. The minimum Gasteiger partial charge on any atom is -0.353 e. The van der Waals surface area contributed by atoms with Crippen LogP contribution in [0.3, 0.4) is 0 Å². The zero-order chi connectivity index (χ0) is 9.84. The lowest BCUT2D eigenvalue weighted by molar-refractivity contribution is -0.124. The van der Waals surface area contributed by atoms with E-state index in [1.807, 2.05) is 6.92 Å². The van der Waals surface area contributed by atoms with Crippen LogP contribution in [0.5, 0.6) is 0 Å². The van der Waals surface area contributed by atoms with Gasteiger partial charge in [0.05, 0.1) is 0 Å². The molecule has 3 nitrogen and oxygen atoms in total. The molecule has 0 aromatic rings. The maximum Gasteiger partial charge on any atom is 0.224 e. The molecule has 1 amide bonds. The van der Waals surface area contributed by atoms with Gasteiger partial charge >= 0.3 is 0 Å². The summed E-state index contributed by atoms with van der Waals surface area (Å²) in [7, 11) is 0. The molecule has 0 saturated heterocycles. The van der Waals surface area contributed by atoms with Crippen LogP contribution in [0, 0.1) is 11.8 Å². The molecule has 76 valence electrons. The summed E-state index contributed by atoms with van der Waals surface area (Å²) < 4.78 is 0. The van der Waals surface area contributed by atoms with Gasteiger partial charge in [-0.15, -0.1) is 0 Å². The second-order valence-electron chi connectivity index (χ2n) is 4.04. The van der Waals surface area contributed by atoms with Gasteiger partial charge < -0.3 is 11.1 Å². The molecule has 3 atom stereocenters. The van der Waals surface area contributed by atoms with E-state index < -0.39 is 0 Å². The third-order valence-corrected chi connectivity index (χ3v) is 2.71. The number of nitrogens with one attached hydrogen (secondary N) is 1. The summed E-state index contributed by atoms with van der Waals surface area (Å²) in [4.78, 5) is 11.4. The molecule has 0 radical (unpaired) electrons. The van der Waals surface area contributed by atoms with Crippen molar-refractivity contribution in [1.29, 1.82) is 0 Å². The van der Waals surface area contributed by atoms with Gasteiger partial charge in [0.2, 0.25) is 5.91 Å². The van der Waals surface area contributed by atoms with Crippen molar-refractivity contribution in [3.05, 3.63) is 0 Å². The van der Waals surface area contributed by atoms with E-state index in [4.69, 9.17) is 5.73 Å². The lowest BCUT2D eigenvalue weighted by Crippen LogP contribution is -2.35. The third-order valence-electron chi connectivity index (χ3n) is 2.71. The van der Waals surface area contributed by atoms with Gasteiger partial charge in [0.25, 0.3) is 0 Å². The minimum atomic E-state index is -0.0390. The molecule has 0 aromatic carbocycles. The molecule has 0 aromatic heterocycles. The first-order valence-corrected chi connectivity index (χ1v) is 5.19. The molecule has 1 aliphatic carbocycles. The zero-order valence-electron chi connectivity index (χ0n) is 8.55. The average molecular weight is 184 g/mol. The van der Waals surface area contributed by atoms with Gasteiger partial charge in [-0.25, -0.2) is 0 Å². The molecule has 1 rings (SSSR count). The largest absolute Gasteiger partial charge is 0.353 e. The molecule has 1 aliphatic rings. The van der Waals surface area contributed by atoms with E-state index in [9.17, 15) is 4.79 Å². The van der Waals surface area contributed by atoms with Crippen molar-refractivity contribution in [2.75, 3.05) is 6.54 Å². The maximum absolute atomic E-state index is 11.4. The Morgan fingerprint density at radius 3 is 2.92 bits per heavy atom. The third kappa shape index (κ3) is 2.99. The fourth-order valence-corrected chi connectivity index (χ4v) is 1.55. The number of carbonyl (C=O) groups excluding carboxylic acids is 1. The van der Waals surface area contributed by atoms with Crippen molar-refractivity contribution in [2.45, 2.75) is 39.2 Å². The Morgan fingerprint density at radius 1 is 1.69 bits per heavy atom. The number of carbonyl (C=O) groups is 1. The van der Waals surface area contributed by atoms with E-state index in [0.717, 1.165) is 12.3 Å². The summed E-state index contributed by atoms with van der Waals surface area (Å²) in [5.41, 5.74) is 5.40. The molecular formula is C10H20N2O.